The number of Topliss-reactive ketones (excluding diaryl/α,β-unsaturated/α-hetero) is 1. The first-order valence-corrected chi connectivity index (χ1v) is 10.1. The van der Waals surface area contributed by atoms with Crippen molar-refractivity contribution in [2.45, 2.75) is 52.6 Å². The summed E-state index contributed by atoms with van der Waals surface area (Å²) in [7, 11) is 0. The van der Waals surface area contributed by atoms with Gasteiger partial charge in [0.1, 0.15) is 6.04 Å². The van der Waals surface area contributed by atoms with E-state index < -0.39 is 0 Å². The summed E-state index contributed by atoms with van der Waals surface area (Å²) >= 11 is 1.77. The molecule has 0 aromatic carbocycles. The molecule has 3 heterocycles. The average molecular weight is 376 g/mol. The van der Waals surface area contributed by atoms with Crippen LogP contribution in [0.1, 0.15) is 69.7 Å². The molecule has 0 saturated carbocycles. The second kappa shape index (κ2) is 7.76. The number of hydrogen-bond donors (Lipinski definition) is 2. The first-order valence-electron chi connectivity index (χ1n) is 9.25. The van der Waals surface area contributed by atoms with Crippen LogP contribution in [0.3, 0.4) is 0 Å². The van der Waals surface area contributed by atoms with Crippen molar-refractivity contribution in [3.63, 3.8) is 0 Å². The number of esters is 1. The molecule has 3 rings (SSSR count). The van der Waals surface area contributed by atoms with E-state index in [9.17, 15) is 9.59 Å². The van der Waals surface area contributed by atoms with Crippen LogP contribution in [0.2, 0.25) is 0 Å². The van der Waals surface area contributed by atoms with Gasteiger partial charge in [-0.1, -0.05) is 6.07 Å². The summed E-state index contributed by atoms with van der Waals surface area (Å²) in [6.45, 7) is 8.75. The normalized spacial score (nSPS) is 20.9. The summed E-state index contributed by atoms with van der Waals surface area (Å²) in [5.74, 6) is -0.296. The molecule has 1 aliphatic heterocycles. The van der Waals surface area contributed by atoms with Crippen molar-refractivity contribution in [2.24, 2.45) is 0 Å². The summed E-state index contributed by atoms with van der Waals surface area (Å²) in [6, 6.07) is 4.47. The molecule has 0 bridgehead atoms. The molecule has 1 aliphatic rings. The monoisotopic (exact) mass is 375 g/mol. The molecule has 0 radical (unpaired) electrons. The first kappa shape index (κ1) is 18.9. The van der Waals surface area contributed by atoms with Crippen molar-refractivity contribution >= 4 is 23.1 Å². The van der Waals surface area contributed by atoms with Crippen LogP contribution in [0, 0.1) is 13.8 Å². The third-order valence-electron chi connectivity index (χ3n) is 5.41. The quantitative estimate of drug-likeness (QED) is 0.603. The zero-order valence-electron chi connectivity index (χ0n) is 15.8. The fraction of sp³-hybridized carbons (Fsp3) is 0.500. The van der Waals surface area contributed by atoms with Gasteiger partial charge in [-0.25, -0.2) is 4.79 Å². The van der Waals surface area contributed by atoms with Crippen molar-refractivity contribution in [2.75, 3.05) is 13.2 Å². The van der Waals surface area contributed by atoms with Crippen LogP contribution in [-0.4, -0.2) is 35.9 Å². The zero-order valence-corrected chi connectivity index (χ0v) is 16.7. The van der Waals surface area contributed by atoms with Crippen molar-refractivity contribution in [3.05, 3.63) is 44.9 Å². The zero-order chi connectivity index (χ0) is 18.8. The van der Waals surface area contributed by atoms with E-state index in [1.165, 1.54) is 9.78 Å². The molecule has 3 atom stereocenters. The Labute approximate surface area is 158 Å². The van der Waals surface area contributed by atoms with Gasteiger partial charge in [0.2, 0.25) is 5.78 Å². The molecule has 5 nitrogen and oxygen atoms in total. The number of carbonyl (C=O) groups excluding carboxylic acids is 2. The van der Waals surface area contributed by atoms with E-state index in [0.717, 1.165) is 19.4 Å². The van der Waals surface area contributed by atoms with Crippen molar-refractivity contribution < 1.29 is 19.2 Å². The Morgan fingerprint density at radius 1 is 1.42 bits per heavy atom. The van der Waals surface area contributed by atoms with Gasteiger partial charge in [-0.3, -0.25) is 4.79 Å². The molecule has 0 spiro atoms. The standard InChI is InChI=1S/C20H26N2O3S/c1-5-25-20(24)17-12(2)18(21-13(17)3)19(23)14(4)22-10-6-8-15(22)16-9-7-11-26-16/h7,9,11,14-15,21H,5-6,8,10H2,1-4H3/p+1/t14-,15+/m0/s1. The highest BCUT2D eigenvalue weighted by Crippen LogP contribution is 2.25. The van der Waals surface area contributed by atoms with Crippen LogP contribution < -0.4 is 4.90 Å². The van der Waals surface area contributed by atoms with Crippen LogP contribution >= 0.6 is 11.3 Å². The maximum absolute atomic E-state index is 13.2. The molecule has 0 amide bonds. The lowest BCUT2D eigenvalue weighted by molar-refractivity contribution is -0.931. The van der Waals surface area contributed by atoms with Gasteiger partial charge in [-0.05, 0) is 44.7 Å². The number of thiophene rings is 1. The van der Waals surface area contributed by atoms with Gasteiger partial charge in [0, 0.05) is 18.5 Å². The Bertz CT molecular complexity index is 794. The summed E-state index contributed by atoms with van der Waals surface area (Å²) in [4.78, 5) is 31.2. The van der Waals surface area contributed by atoms with Crippen LogP contribution in [-0.2, 0) is 4.74 Å². The van der Waals surface area contributed by atoms with E-state index >= 15 is 0 Å². The minimum absolute atomic E-state index is 0.0691. The van der Waals surface area contributed by atoms with Crippen LogP contribution in [0.15, 0.2) is 17.5 Å². The number of ketones is 1. The number of hydrogen-bond acceptors (Lipinski definition) is 4. The number of rotatable bonds is 6. The maximum Gasteiger partial charge on any atom is 0.340 e. The lowest BCUT2D eigenvalue weighted by Gasteiger charge is -2.26. The van der Waals surface area contributed by atoms with E-state index in [1.54, 1.807) is 18.3 Å². The Morgan fingerprint density at radius 3 is 2.85 bits per heavy atom. The molecule has 6 heteroatoms. The highest BCUT2D eigenvalue weighted by atomic mass is 32.1. The molecule has 1 unspecified atom stereocenters. The van der Waals surface area contributed by atoms with Gasteiger partial charge in [0.15, 0.2) is 6.04 Å². The third-order valence-corrected chi connectivity index (χ3v) is 6.39. The smallest absolute Gasteiger partial charge is 0.340 e. The van der Waals surface area contributed by atoms with Gasteiger partial charge >= 0.3 is 5.97 Å². The number of H-pyrrole nitrogens is 1. The number of aromatic nitrogens is 1. The fourth-order valence-corrected chi connectivity index (χ4v) is 5.00. The molecular weight excluding hydrogens is 348 g/mol. The molecule has 2 aromatic rings. The summed E-state index contributed by atoms with van der Waals surface area (Å²) in [5, 5.41) is 2.10. The molecule has 26 heavy (non-hydrogen) atoms. The summed E-state index contributed by atoms with van der Waals surface area (Å²) in [5.41, 5.74) is 2.43. The number of aryl methyl sites for hydroxylation is 1. The molecule has 2 N–H and O–H groups in total. The third kappa shape index (κ3) is 3.35. The predicted octanol–water partition coefficient (Wildman–Crippen LogP) is 2.86. The highest BCUT2D eigenvalue weighted by molar-refractivity contribution is 7.10. The van der Waals surface area contributed by atoms with E-state index in [2.05, 4.69) is 22.5 Å². The van der Waals surface area contributed by atoms with Gasteiger partial charge in [0.05, 0.1) is 29.3 Å². The molecule has 0 aliphatic carbocycles. The van der Waals surface area contributed by atoms with Crippen molar-refractivity contribution in [3.8, 4) is 0 Å². The minimum atomic E-state index is -0.365. The molecule has 2 aromatic heterocycles. The van der Waals surface area contributed by atoms with E-state index in [1.807, 2.05) is 20.8 Å². The number of carbonyl (C=O) groups is 2. The SMILES string of the molecule is CCOC(=O)c1c(C)[nH]c(C(=O)[C@H](C)[NH+]2CCC[C@@H]2c2cccs2)c1C. The summed E-state index contributed by atoms with van der Waals surface area (Å²) in [6.07, 6.45) is 2.25. The number of aromatic amines is 1. The minimum Gasteiger partial charge on any atom is -0.462 e. The van der Waals surface area contributed by atoms with Gasteiger partial charge in [-0.15, -0.1) is 11.3 Å². The second-order valence-corrected chi connectivity index (χ2v) is 7.95. The van der Waals surface area contributed by atoms with Crippen LogP contribution in [0.5, 0.6) is 0 Å². The van der Waals surface area contributed by atoms with E-state index in [4.69, 9.17) is 4.74 Å². The average Bonchev–Trinajstić information content (AvgIpc) is 3.33. The largest absolute Gasteiger partial charge is 0.462 e. The maximum atomic E-state index is 13.2. The lowest BCUT2D eigenvalue weighted by atomic mass is 10.0. The molecular formula is C20H27N2O3S+. The lowest BCUT2D eigenvalue weighted by Crippen LogP contribution is -3.14. The van der Waals surface area contributed by atoms with Crippen LogP contribution in [0.4, 0.5) is 0 Å². The van der Waals surface area contributed by atoms with Gasteiger partial charge in [-0.2, -0.15) is 0 Å². The molecule has 140 valence electrons. The Kier molecular flexibility index (Phi) is 5.63. The van der Waals surface area contributed by atoms with Crippen LogP contribution in [0.25, 0.3) is 0 Å². The Morgan fingerprint density at radius 2 is 2.19 bits per heavy atom. The Hall–Kier alpha value is -1.92. The fourth-order valence-electron chi connectivity index (χ4n) is 4.09. The van der Waals surface area contributed by atoms with Gasteiger partial charge in [0.25, 0.3) is 0 Å². The second-order valence-electron chi connectivity index (χ2n) is 6.97. The van der Waals surface area contributed by atoms with Crippen molar-refractivity contribution in [1.29, 1.82) is 0 Å². The number of ether oxygens (including phenoxy) is 1. The van der Waals surface area contributed by atoms with Gasteiger partial charge < -0.3 is 14.6 Å². The highest BCUT2D eigenvalue weighted by Gasteiger charge is 2.39. The molecule has 1 saturated heterocycles. The number of likely N-dealkylation sites (tertiary alicyclic amines) is 1. The molecule has 1 fully saturated rings. The topological polar surface area (TPSA) is 63.6 Å². The number of nitrogens with one attached hydrogen (secondary N) is 2. The number of quaternary nitrogens is 1. The first-order chi connectivity index (χ1) is 12.5. The summed E-state index contributed by atoms with van der Waals surface area (Å²) < 4.78 is 5.13. The van der Waals surface area contributed by atoms with Crippen molar-refractivity contribution in [1.82, 2.24) is 4.98 Å². The van der Waals surface area contributed by atoms with E-state index in [-0.39, 0.29) is 17.8 Å². The van der Waals surface area contributed by atoms with E-state index in [0.29, 0.717) is 35.2 Å². The Balaban J connectivity index is 1.85. The predicted molar refractivity (Wildman–Crippen MR) is 102 cm³/mol.